The van der Waals surface area contributed by atoms with Crippen molar-refractivity contribution in [2.45, 2.75) is 31.4 Å². The van der Waals surface area contributed by atoms with Crippen molar-refractivity contribution >= 4 is 27.3 Å². The average Bonchev–Trinajstić information content (AvgIpc) is 2.73. The second kappa shape index (κ2) is 9.70. The number of rotatable bonds is 9. The number of anilines is 2. The summed E-state index contributed by atoms with van der Waals surface area (Å²) in [6, 6.07) is 15.0. The van der Waals surface area contributed by atoms with E-state index in [0.29, 0.717) is 11.3 Å². The summed E-state index contributed by atoms with van der Waals surface area (Å²) in [6.45, 7) is 3.81. The lowest BCUT2D eigenvalue weighted by molar-refractivity contribution is 0.0997. The molecular weight excluding hydrogens is 446 g/mol. The van der Waals surface area contributed by atoms with Crippen LogP contribution in [-0.2, 0) is 16.6 Å². The fraction of sp³-hybridized carbons (Fsp3) is 0.174. The number of phenolic OH excluding ortho intramolecular Hbond substituents is 1. The van der Waals surface area contributed by atoms with Crippen LogP contribution in [0.25, 0.3) is 0 Å². The number of sulfonamides is 1. The van der Waals surface area contributed by atoms with E-state index in [1.54, 1.807) is 42.5 Å². The Morgan fingerprint density at radius 2 is 1.70 bits per heavy atom. The third-order valence-corrected chi connectivity index (χ3v) is 6.01. The Labute approximate surface area is 191 Å². The normalized spacial score (nSPS) is 11.2. The molecule has 0 saturated heterocycles. The number of nitrogens with two attached hydrogens (primary N) is 1. The van der Waals surface area contributed by atoms with Crippen molar-refractivity contribution in [3.05, 3.63) is 71.8 Å². The Kier molecular flexibility index (Phi) is 6.98. The maximum absolute atomic E-state index is 13.2. The van der Waals surface area contributed by atoms with Gasteiger partial charge in [0.1, 0.15) is 22.1 Å². The fourth-order valence-electron chi connectivity index (χ4n) is 3.06. The molecule has 0 radical (unpaired) electrons. The van der Waals surface area contributed by atoms with E-state index in [9.17, 15) is 23.4 Å². The molecule has 0 fully saturated rings. The number of amides is 1. The lowest BCUT2D eigenvalue weighted by Gasteiger charge is -2.17. The quantitative estimate of drug-likeness (QED) is 0.321. The van der Waals surface area contributed by atoms with Crippen LogP contribution in [0.1, 0.15) is 29.8 Å². The van der Waals surface area contributed by atoms with Gasteiger partial charge in [-0.3, -0.25) is 9.52 Å². The molecule has 3 aromatic rings. The molecular formula is C23H25N3O6S. The molecule has 0 aromatic heterocycles. The number of nitrogens with one attached hydrogen (secondary N) is 2. The van der Waals surface area contributed by atoms with Crippen molar-refractivity contribution in [1.29, 1.82) is 0 Å². The van der Waals surface area contributed by atoms with Crippen LogP contribution < -0.4 is 20.5 Å². The van der Waals surface area contributed by atoms with E-state index < -0.39 is 21.7 Å². The van der Waals surface area contributed by atoms with Gasteiger partial charge in [0.25, 0.3) is 15.9 Å². The molecule has 0 spiro atoms. The predicted molar refractivity (Wildman–Crippen MR) is 125 cm³/mol. The lowest BCUT2D eigenvalue weighted by Crippen LogP contribution is -2.18. The minimum Gasteiger partial charge on any atom is -0.508 e. The van der Waals surface area contributed by atoms with Crippen LogP contribution >= 0.6 is 0 Å². The topological polar surface area (TPSA) is 151 Å². The zero-order chi connectivity index (χ0) is 24.2. The molecule has 0 aliphatic heterocycles. The number of ether oxygens (including phenoxy) is 1. The Bertz CT molecular complexity index is 1260. The van der Waals surface area contributed by atoms with E-state index in [0.717, 1.165) is 12.1 Å². The van der Waals surface area contributed by atoms with E-state index in [-0.39, 0.29) is 40.2 Å². The van der Waals surface area contributed by atoms with E-state index in [4.69, 9.17) is 10.5 Å². The third kappa shape index (κ3) is 5.86. The number of hydrogen-bond donors (Lipinski definition) is 5. The van der Waals surface area contributed by atoms with Crippen LogP contribution in [0, 0.1) is 0 Å². The second-order valence-corrected chi connectivity index (χ2v) is 9.16. The van der Waals surface area contributed by atoms with Gasteiger partial charge in [0, 0.05) is 23.9 Å². The highest BCUT2D eigenvalue weighted by Crippen LogP contribution is 2.32. The molecule has 1 amide bonds. The zero-order valence-electron chi connectivity index (χ0n) is 18.1. The number of aromatic hydroxyl groups is 2. The summed E-state index contributed by atoms with van der Waals surface area (Å²) in [4.78, 5) is 11.4. The summed E-state index contributed by atoms with van der Waals surface area (Å²) < 4.78 is 34.4. The van der Waals surface area contributed by atoms with Gasteiger partial charge < -0.3 is 26.0 Å². The van der Waals surface area contributed by atoms with Crippen LogP contribution in [0.3, 0.4) is 0 Å². The highest BCUT2D eigenvalue weighted by Gasteiger charge is 2.23. The van der Waals surface area contributed by atoms with Gasteiger partial charge in [-0.2, -0.15) is 0 Å². The summed E-state index contributed by atoms with van der Waals surface area (Å²) in [5, 5.41) is 23.0. The molecule has 0 atom stereocenters. The van der Waals surface area contributed by atoms with Gasteiger partial charge in [-0.25, -0.2) is 8.42 Å². The van der Waals surface area contributed by atoms with Crippen molar-refractivity contribution in [1.82, 2.24) is 0 Å². The Morgan fingerprint density at radius 3 is 2.30 bits per heavy atom. The molecule has 33 heavy (non-hydrogen) atoms. The number of carbonyl (C=O) groups is 1. The van der Waals surface area contributed by atoms with Gasteiger partial charge in [-0.15, -0.1) is 0 Å². The smallest absolute Gasteiger partial charge is 0.263 e. The summed E-state index contributed by atoms with van der Waals surface area (Å²) in [5.41, 5.74) is 5.74. The standard InChI is InChI=1S/C23H25N3O6S/c1-14(2)32-17-9-7-16(8-10-17)26-33(30,31)22-11-18(23(24)29)21(28)12-19(22)25-13-15-5-3-4-6-20(15)27/h3-12,14,25-28H,13H2,1-2H3,(H2,24,29). The van der Waals surface area contributed by atoms with Crippen molar-refractivity contribution < 1.29 is 28.2 Å². The van der Waals surface area contributed by atoms with Crippen molar-refractivity contribution in [2.24, 2.45) is 5.73 Å². The molecule has 174 valence electrons. The Hall–Kier alpha value is -3.92. The monoisotopic (exact) mass is 471 g/mol. The van der Waals surface area contributed by atoms with Crippen molar-refractivity contribution in [3.63, 3.8) is 0 Å². The molecule has 0 heterocycles. The predicted octanol–water partition coefficient (Wildman–Crippen LogP) is 3.40. The maximum atomic E-state index is 13.2. The van der Waals surface area contributed by atoms with E-state index in [2.05, 4.69) is 10.0 Å². The molecule has 0 aliphatic rings. The summed E-state index contributed by atoms with van der Waals surface area (Å²) >= 11 is 0. The first-order valence-electron chi connectivity index (χ1n) is 10.0. The molecule has 0 aliphatic carbocycles. The van der Waals surface area contributed by atoms with Crippen molar-refractivity contribution in [3.8, 4) is 17.2 Å². The Morgan fingerprint density at radius 1 is 1.03 bits per heavy atom. The first kappa shape index (κ1) is 23.7. The molecule has 6 N–H and O–H groups in total. The minimum absolute atomic E-state index is 0.0213. The number of benzene rings is 3. The van der Waals surface area contributed by atoms with E-state index >= 15 is 0 Å². The molecule has 9 nitrogen and oxygen atoms in total. The van der Waals surface area contributed by atoms with Crippen LogP contribution in [0.15, 0.2) is 65.6 Å². The zero-order valence-corrected chi connectivity index (χ0v) is 18.9. The van der Waals surface area contributed by atoms with Crippen LogP contribution in [0.4, 0.5) is 11.4 Å². The number of hydrogen-bond acceptors (Lipinski definition) is 7. The molecule has 0 saturated carbocycles. The van der Waals surface area contributed by atoms with Crippen LogP contribution in [-0.4, -0.2) is 30.6 Å². The summed E-state index contributed by atoms with van der Waals surface area (Å²) in [6.07, 6.45) is -0.0329. The van der Waals surface area contributed by atoms with E-state index in [1.807, 2.05) is 13.8 Å². The summed E-state index contributed by atoms with van der Waals surface area (Å²) in [5.74, 6) is -0.851. The largest absolute Gasteiger partial charge is 0.508 e. The van der Waals surface area contributed by atoms with Gasteiger partial charge in [-0.1, -0.05) is 18.2 Å². The van der Waals surface area contributed by atoms with Crippen molar-refractivity contribution in [2.75, 3.05) is 10.0 Å². The Balaban J connectivity index is 1.95. The molecule has 0 bridgehead atoms. The SMILES string of the molecule is CC(C)Oc1ccc(NS(=O)(=O)c2cc(C(N)=O)c(O)cc2NCc2ccccc2O)cc1. The highest BCUT2D eigenvalue weighted by atomic mass is 32.2. The number of phenols is 2. The van der Waals surface area contributed by atoms with Crippen LogP contribution in [0.5, 0.6) is 17.2 Å². The van der Waals surface area contributed by atoms with Gasteiger partial charge in [0.2, 0.25) is 0 Å². The molecule has 10 heteroatoms. The second-order valence-electron chi connectivity index (χ2n) is 7.51. The minimum atomic E-state index is -4.20. The molecule has 0 unspecified atom stereocenters. The fourth-order valence-corrected chi connectivity index (χ4v) is 4.31. The number of para-hydroxylation sites is 1. The lowest BCUT2D eigenvalue weighted by atomic mass is 10.1. The number of primary amides is 1. The van der Waals surface area contributed by atoms with Gasteiger partial charge in [-0.05, 0) is 50.2 Å². The average molecular weight is 472 g/mol. The first-order chi connectivity index (χ1) is 15.6. The van der Waals surface area contributed by atoms with Gasteiger partial charge in [0.15, 0.2) is 0 Å². The number of carbonyl (C=O) groups excluding carboxylic acids is 1. The molecule has 3 rings (SSSR count). The third-order valence-electron chi connectivity index (χ3n) is 4.59. The van der Waals surface area contributed by atoms with Crippen LogP contribution in [0.2, 0.25) is 0 Å². The highest BCUT2D eigenvalue weighted by molar-refractivity contribution is 7.92. The summed E-state index contributed by atoms with van der Waals surface area (Å²) in [7, 11) is -4.20. The van der Waals surface area contributed by atoms with Gasteiger partial charge in [0.05, 0.1) is 17.4 Å². The maximum Gasteiger partial charge on any atom is 0.263 e. The van der Waals surface area contributed by atoms with Gasteiger partial charge >= 0.3 is 0 Å². The molecule has 3 aromatic carbocycles. The first-order valence-corrected chi connectivity index (χ1v) is 11.5. The van der Waals surface area contributed by atoms with E-state index in [1.165, 1.54) is 6.07 Å².